The lowest BCUT2D eigenvalue weighted by molar-refractivity contribution is 0.101. The van der Waals surface area contributed by atoms with Gasteiger partial charge >= 0.3 is 0 Å². The first-order valence-electron chi connectivity index (χ1n) is 42.6. The molecule has 0 aliphatic carbocycles. The molecule has 143 heavy (non-hydrogen) atoms. The highest BCUT2D eigenvalue weighted by molar-refractivity contribution is 6.30. The number of carbonyl (C=O) groups is 6. The molecule has 0 unspecified atom stereocenters. The molecule has 4 aromatic carbocycles. The van der Waals surface area contributed by atoms with Crippen molar-refractivity contribution in [3.63, 3.8) is 0 Å². The number of aromatic nitrogens is 21. The summed E-state index contributed by atoms with van der Waals surface area (Å²) >= 11 is 6.12. The van der Waals surface area contributed by atoms with E-state index >= 15 is 0 Å². The molecule has 0 radical (unpaired) electrons. The van der Waals surface area contributed by atoms with Gasteiger partial charge in [0.1, 0.15) is 77.6 Å². The van der Waals surface area contributed by atoms with E-state index in [1.807, 2.05) is 106 Å². The van der Waals surface area contributed by atoms with Crippen LogP contribution in [0.1, 0.15) is 96.1 Å². The van der Waals surface area contributed by atoms with E-state index in [2.05, 4.69) is 148 Å². The van der Waals surface area contributed by atoms with Crippen molar-refractivity contribution in [3.8, 4) is 70.9 Å². The number of hydrogen-bond donors (Lipinski definition) is 6. The molecule has 39 nitrogen and oxygen atoms in total. The van der Waals surface area contributed by atoms with E-state index < -0.39 is 0 Å². The molecular weight excluding hydrogens is 1840 g/mol. The fraction of sp³-hybridized carbons (Fsp3) is 0.0583. The van der Waals surface area contributed by atoms with Crippen LogP contribution in [0.3, 0.4) is 0 Å². The summed E-state index contributed by atoms with van der Waals surface area (Å²) in [6, 6.07) is 52.6. The Kier molecular flexibility index (Phi) is 35.9. The SMILES string of the molecule is C#Cc1cccc(C(=O)Nc2cncc(N(C)c3cncnc3)c2)c1.C#Cc1cccc(C(=O)Nc2cncc(Oc3cncnc3)c2)c1.Cc1cccc(C(=O)Nc2cc(N(C)c3cncnc3)cc(Cl)n2)c1.Cc1cccc(C(=O)Nc2cccc(Oc3cncnc3)n2)c1.Cc1cccc(C(=O)Nc2cncc(Oc3cncnc3)c2)n1.Cc1cccc(C(=O)Nc2cncc(Oc3cncnc3)n2)n1. The molecule has 0 spiro atoms. The first kappa shape index (κ1) is 100.0. The van der Waals surface area contributed by atoms with Crippen LogP contribution in [-0.4, -0.2) is 154 Å². The molecule has 0 saturated carbocycles. The first-order valence-corrected chi connectivity index (χ1v) is 43.0. The van der Waals surface area contributed by atoms with Crippen LogP contribution in [0.2, 0.25) is 5.15 Å². The van der Waals surface area contributed by atoms with Gasteiger partial charge in [0.15, 0.2) is 28.8 Å². The van der Waals surface area contributed by atoms with Crippen molar-refractivity contribution in [2.75, 3.05) is 55.8 Å². The minimum Gasteiger partial charge on any atom is -0.452 e. The molecule has 40 heteroatoms. The van der Waals surface area contributed by atoms with Gasteiger partial charge in [-0.25, -0.2) is 74.8 Å². The number of halogens is 1. The van der Waals surface area contributed by atoms with Crippen LogP contribution in [0.4, 0.5) is 57.3 Å². The Labute approximate surface area is 822 Å². The second-order valence-electron chi connectivity index (χ2n) is 29.6. The number of rotatable bonds is 24. The molecule has 6 amide bonds. The van der Waals surface area contributed by atoms with Gasteiger partial charge in [0.2, 0.25) is 11.8 Å². The topological polar surface area (TPSA) is 489 Å². The van der Waals surface area contributed by atoms with Crippen LogP contribution in [0, 0.1) is 52.4 Å². The van der Waals surface area contributed by atoms with E-state index in [0.29, 0.717) is 114 Å². The summed E-state index contributed by atoms with van der Waals surface area (Å²) in [6.07, 6.45) is 50.5. The Morgan fingerprint density at radius 2 is 0.629 bits per heavy atom. The fourth-order valence-corrected chi connectivity index (χ4v) is 12.4. The minimum absolute atomic E-state index is 0.217. The Morgan fingerprint density at radius 1 is 0.280 bits per heavy atom. The number of nitrogens with one attached hydrogen (secondary N) is 6. The van der Waals surface area contributed by atoms with Gasteiger partial charge in [-0.1, -0.05) is 89.2 Å². The monoisotopic (exact) mass is 1920 g/mol. The summed E-state index contributed by atoms with van der Waals surface area (Å²) in [4.78, 5) is 161. The van der Waals surface area contributed by atoms with Crippen molar-refractivity contribution in [2.24, 2.45) is 0 Å². The number of benzene rings is 4. The molecule has 0 fully saturated rings. The van der Waals surface area contributed by atoms with E-state index in [0.717, 1.165) is 45.3 Å². The molecule has 18 aromatic rings. The van der Waals surface area contributed by atoms with Crippen LogP contribution in [0.15, 0.2) is 344 Å². The molecule has 0 saturated heterocycles. The molecule has 18 rings (SSSR count). The maximum absolute atomic E-state index is 12.4. The number of aryl methyl sites for hydroxylation is 4. The Hall–Kier alpha value is -20.5. The lowest BCUT2D eigenvalue weighted by Crippen LogP contribution is -2.15. The minimum atomic E-state index is -0.372. The van der Waals surface area contributed by atoms with Crippen LogP contribution in [0.5, 0.6) is 46.3 Å². The zero-order chi connectivity index (χ0) is 100. The van der Waals surface area contributed by atoms with Crippen LogP contribution < -0.4 is 60.6 Å². The van der Waals surface area contributed by atoms with Gasteiger partial charge in [-0.05, 0) is 131 Å². The number of carbonyl (C=O) groups excluding carboxylic acids is 6. The molecule has 6 N–H and O–H groups in total. The van der Waals surface area contributed by atoms with Crippen molar-refractivity contribution in [2.45, 2.75) is 27.7 Å². The molecule has 0 bridgehead atoms. The van der Waals surface area contributed by atoms with Gasteiger partial charge in [0, 0.05) is 88.8 Å². The summed E-state index contributed by atoms with van der Waals surface area (Å²) in [5.74, 6) is 7.73. The molecule has 14 aromatic heterocycles. The second-order valence-corrected chi connectivity index (χ2v) is 30.0. The Balaban J connectivity index is 0.000000144. The molecule has 0 atom stereocenters. The number of amides is 6. The van der Waals surface area contributed by atoms with E-state index in [9.17, 15) is 28.8 Å². The zero-order valence-electron chi connectivity index (χ0n) is 76.7. The summed E-state index contributed by atoms with van der Waals surface area (Å²) < 4.78 is 22.1. The number of anilines is 10. The van der Waals surface area contributed by atoms with E-state index in [-0.39, 0.29) is 52.3 Å². The van der Waals surface area contributed by atoms with Crippen LogP contribution in [0.25, 0.3) is 0 Å². The quantitative estimate of drug-likeness (QED) is 0.0242. The largest absolute Gasteiger partial charge is 0.452 e. The molecule has 0 aliphatic heterocycles. The smallest absolute Gasteiger partial charge is 0.275 e. The van der Waals surface area contributed by atoms with E-state index in [1.165, 1.54) is 125 Å². The predicted octanol–water partition coefficient (Wildman–Crippen LogP) is 17.5. The molecular formula is C103H82ClN29O10. The van der Waals surface area contributed by atoms with Crippen molar-refractivity contribution in [3.05, 3.63) is 416 Å². The average Bonchev–Trinajstić information content (AvgIpc) is 0.815. The maximum atomic E-state index is 12.4. The van der Waals surface area contributed by atoms with Crippen LogP contribution in [-0.2, 0) is 0 Å². The lowest BCUT2D eigenvalue weighted by Gasteiger charge is -2.19. The third-order valence-corrected chi connectivity index (χ3v) is 19.0. The summed E-state index contributed by atoms with van der Waals surface area (Å²) in [5.41, 5.74) is 12.3. The standard InChI is InChI=1S/C19H15N5O.C18H16ClN5O.C18H12N4O2.C17H14N4O2.C16H13N5O2.C15H12N6O2/c1-3-14-5-4-6-15(7-14)19(25)23-16-8-17(10-20-9-16)24(2)18-11-21-13-22-12-18;1-12-4-3-5-13(6-12)18(25)23-17-8-14(7-16(19)22-17)24(2)15-9-20-11-21-10-15;1-2-13-4-3-5-14(6-13)18(23)22-15-7-16(9-19-8-15)24-17-10-20-12-21-11-17;1-12-4-2-5-13(8-12)17(22)21-15-6-3-7-16(20-15)23-14-9-18-11-19-10-14;1-11-3-2-4-15(20-11)16(22)21-12-5-13(7-17-6-12)23-14-8-18-10-19-9-14;1-10-3-2-4-12(19-10)15(22)21-13-7-16-8-14(20-13)23-11-5-17-9-18-6-11/h1,4-13H,2H3,(H,23,25);3-11H,1-2H3,(H,22,23,25);1,3-12H,(H,22,23);2-11H,1H3,(H,20,21,22);2-10H,1H3,(H,21,22);2-9H,1H3,(H,20,21,22). The number of pyridine rings is 7. The average molecular weight is 1920 g/mol. The molecule has 0 aliphatic rings. The predicted molar refractivity (Wildman–Crippen MR) is 534 cm³/mol. The van der Waals surface area contributed by atoms with Crippen LogP contribution >= 0.6 is 11.6 Å². The third-order valence-electron chi connectivity index (χ3n) is 18.9. The van der Waals surface area contributed by atoms with E-state index in [4.69, 9.17) is 43.4 Å². The highest BCUT2D eigenvalue weighted by Gasteiger charge is 2.19. The van der Waals surface area contributed by atoms with Gasteiger partial charge in [0.05, 0.1) is 158 Å². The Morgan fingerprint density at radius 3 is 1.09 bits per heavy atom. The summed E-state index contributed by atoms with van der Waals surface area (Å²) in [7, 11) is 3.73. The van der Waals surface area contributed by atoms with Gasteiger partial charge in [-0.2, -0.15) is 9.97 Å². The second kappa shape index (κ2) is 51.3. The van der Waals surface area contributed by atoms with Gasteiger partial charge in [-0.3, -0.25) is 48.7 Å². The lowest BCUT2D eigenvalue weighted by atomic mass is 10.1. The van der Waals surface area contributed by atoms with Crippen molar-refractivity contribution >= 4 is 104 Å². The normalized spacial score (nSPS) is 10.1. The number of hydrogen-bond acceptors (Lipinski definition) is 33. The molecule has 14 heterocycles. The van der Waals surface area contributed by atoms with Crippen molar-refractivity contribution in [1.29, 1.82) is 0 Å². The van der Waals surface area contributed by atoms with Crippen molar-refractivity contribution < 1.29 is 47.7 Å². The van der Waals surface area contributed by atoms with E-state index in [1.54, 1.807) is 165 Å². The van der Waals surface area contributed by atoms with Gasteiger partial charge in [-0.15, -0.1) is 12.8 Å². The van der Waals surface area contributed by atoms with Gasteiger partial charge < -0.3 is 60.6 Å². The van der Waals surface area contributed by atoms with Crippen molar-refractivity contribution in [1.82, 2.24) is 105 Å². The highest BCUT2D eigenvalue weighted by Crippen LogP contribution is 2.31. The first-order chi connectivity index (χ1) is 69.5. The third kappa shape index (κ3) is 31.8. The van der Waals surface area contributed by atoms with Gasteiger partial charge in [0.25, 0.3) is 35.4 Å². The number of nitrogens with zero attached hydrogens (tertiary/aromatic N) is 23. The zero-order valence-corrected chi connectivity index (χ0v) is 77.5. The number of ether oxygens (including phenoxy) is 4. The molecule has 706 valence electrons. The summed E-state index contributed by atoms with van der Waals surface area (Å²) in [5, 5.41) is 16.8. The number of terminal acetylenes is 2. The maximum Gasteiger partial charge on any atom is 0.275 e. The Bertz CT molecular complexity index is 7150. The highest BCUT2D eigenvalue weighted by atomic mass is 35.5. The summed E-state index contributed by atoms with van der Waals surface area (Å²) in [6.45, 7) is 7.51. The fourth-order valence-electron chi connectivity index (χ4n) is 12.2.